The van der Waals surface area contributed by atoms with Crippen LogP contribution in [-0.2, 0) is 40.4 Å². The van der Waals surface area contributed by atoms with Crippen LogP contribution in [0.5, 0.6) is 0 Å². The van der Waals surface area contributed by atoms with Crippen molar-refractivity contribution >= 4 is 28.7 Å². The molecule has 0 amide bonds. The van der Waals surface area contributed by atoms with E-state index in [0.717, 1.165) is 28.6 Å². The number of carbonyl (C=O) groups is 3. The molecular formula is C35H44N2O8. The predicted octanol–water partition coefficient (Wildman–Crippen LogP) is 4.28. The topological polar surface area (TPSA) is 117 Å². The number of aliphatic hydroxyl groups is 1. The fourth-order valence-corrected chi connectivity index (χ4v) is 9.53. The van der Waals surface area contributed by atoms with Gasteiger partial charge in [-0.15, -0.1) is 0 Å². The van der Waals surface area contributed by atoms with Gasteiger partial charge in [-0.2, -0.15) is 0 Å². The zero-order valence-electron chi connectivity index (χ0n) is 27.1. The Morgan fingerprint density at radius 2 is 1.80 bits per heavy atom. The normalized spacial score (nSPS) is 35.8. The molecule has 6 atom stereocenters. The zero-order chi connectivity index (χ0) is 32.2. The molecule has 1 aromatic heterocycles. The number of carbonyl (C=O) groups excluding carboxylic acids is 3. The Balaban J connectivity index is 1.25. The van der Waals surface area contributed by atoms with E-state index in [4.69, 9.17) is 18.9 Å². The first-order chi connectivity index (χ1) is 21.2. The minimum absolute atomic E-state index is 0.0971. The molecule has 10 heteroatoms. The number of benzene rings is 1. The number of nitrogens with zero attached hydrogens (tertiary/aromatic N) is 2. The third-order valence-electron chi connectivity index (χ3n) is 11.8. The van der Waals surface area contributed by atoms with Crippen LogP contribution in [0.2, 0.25) is 0 Å². The van der Waals surface area contributed by atoms with Crippen LogP contribution in [0.25, 0.3) is 10.9 Å². The molecule has 0 radical (unpaired) electrons. The highest BCUT2D eigenvalue weighted by molar-refractivity contribution is 5.97. The molecule has 242 valence electrons. The Bertz CT molecular complexity index is 1640. The van der Waals surface area contributed by atoms with Crippen molar-refractivity contribution < 1.29 is 38.4 Å². The number of para-hydroxylation sites is 1. The van der Waals surface area contributed by atoms with E-state index in [2.05, 4.69) is 19.9 Å². The van der Waals surface area contributed by atoms with Gasteiger partial charge < -0.3 is 24.1 Å². The maximum absolute atomic E-state index is 14.0. The molecule has 3 fully saturated rings. The molecule has 0 unspecified atom stereocenters. The van der Waals surface area contributed by atoms with E-state index < -0.39 is 40.0 Å². The van der Waals surface area contributed by atoms with Crippen molar-refractivity contribution in [3.8, 4) is 0 Å². The summed E-state index contributed by atoms with van der Waals surface area (Å²) in [4.78, 5) is 41.0. The third kappa shape index (κ3) is 4.04. The van der Waals surface area contributed by atoms with Crippen LogP contribution in [0.1, 0.15) is 71.1 Å². The summed E-state index contributed by atoms with van der Waals surface area (Å²) >= 11 is 0. The van der Waals surface area contributed by atoms with Gasteiger partial charge in [0.2, 0.25) is 0 Å². The second-order valence-electron chi connectivity index (χ2n) is 14.9. The molecule has 3 aliphatic carbocycles. The number of ketones is 1. The highest BCUT2D eigenvalue weighted by Gasteiger charge is 2.75. The van der Waals surface area contributed by atoms with E-state index in [0.29, 0.717) is 37.7 Å². The smallest absolute Gasteiger partial charge is 0.418 e. The summed E-state index contributed by atoms with van der Waals surface area (Å²) < 4.78 is 25.7. The van der Waals surface area contributed by atoms with Gasteiger partial charge in [0.05, 0.1) is 30.9 Å². The van der Waals surface area contributed by atoms with Crippen molar-refractivity contribution in [1.29, 1.82) is 0 Å². The monoisotopic (exact) mass is 620 g/mol. The van der Waals surface area contributed by atoms with Gasteiger partial charge in [0.15, 0.2) is 17.7 Å². The molecule has 7 rings (SSSR count). The van der Waals surface area contributed by atoms with Gasteiger partial charge in [-0.3, -0.25) is 14.5 Å². The van der Waals surface area contributed by atoms with Gasteiger partial charge in [0, 0.05) is 40.3 Å². The molecule has 2 bridgehead atoms. The number of rotatable bonds is 6. The lowest BCUT2D eigenvalue weighted by molar-refractivity contribution is -0.248. The zero-order valence-corrected chi connectivity index (χ0v) is 27.1. The summed E-state index contributed by atoms with van der Waals surface area (Å²) in [5.74, 6) is -1.46. The standard InChI is InChI=1S/C35H44N2O8/c1-31(2)29-25(38)19-26-34(41)13-12-21-18-23-22-10-7-8-11-24(22)37(30(40)43-17-9-16-42-27(39)20-36(5)6)28(23)33(21,4)32(34,3)14-15-35(26,44-29)45-31/h7-8,10-11,19,21,29,41H,9,12-18,20H2,1-6H3/t21-,29-,32+,33+,34+,35-/m0/s1. The maximum atomic E-state index is 14.0. The second kappa shape index (κ2) is 9.97. The van der Waals surface area contributed by atoms with Gasteiger partial charge in [0.25, 0.3) is 0 Å². The average Bonchev–Trinajstić information content (AvgIpc) is 3.54. The summed E-state index contributed by atoms with van der Waals surface area (Å²) in [6, 6.07) is 7.89. The van der Waals surface area contributed by atoms with Crippen LogP contribution in [0, 0.1) is 11.3 Å². The van der Waals surface area contributed by atoms with Crippen molar-refractivity contribution in [2.75, 3.05) is 33.9 Å². The van der Waals surface area contributed by atoms with Crippen LogP contribution in [0.4, 0.5) is 4.79 Å². The molecule has 1 N–H and O–H groups in total. The number of ether oxygens (including phenoxy) is 4. The van der Waals surface area contributed by atoms with Crippen molar-refractivity contribution in [3.63, 3.8) is 0 Å². The number of hydrogen-bond donors (Lipinski definition) is 1. The van der Waals surface area contributed by atoms with Gasteiger partial charge in [-0.05, 0) is 77.2 Å². The SMILES string of the molecule is CN(C)CC(=O)OCCCOC(=O)n1c2c(c3ccccc31)C[C@@H]1CC[C@@]3(O)C4=CC(=O)[C@@H]5O[C@@]4(CC[C@]3(C)[C@@]21C)OC5(C)C. The van der Waals surface area contributed by atoms with E-state index in [-0.39, 0.29) is 37.4 Å². The summed E-state index contributed by atoms with van der Waals surface area (Å²) in [7, 11) is 3.59. The highest BCUT2D eigenvalue weighted by Crippen LogP contribution is 2.72. The fourth-order valence-electron chi connectivity index (χ4n) is 9.53. The molecular weight excluding hydrogens is 576 g/mol. The molecule has 1 aromatic carbocycles. The van der Waals surface area contributed by atoms with Crippen LogP contribution >= 0.6 is 0 Å². The first kappa shape index (κ1) is 30.6. The summed E-state index contributed by atoms with van der Waals surface area (Å²) in [6.45, 7) is 8.50. The Kier molecular flexibility index (Phi) is 6.78. The third-order valence-corrected chi connectivity index (χ3v) is 11.8. The highest BCUT2D eigenvalue weighted by atomic mass is 16.8. The van der Waals surface area contributed by atoms with E-state index in [1.165, 1.54) is 0 Å². The molecule has 5 aliphatic rings. The number of fused-ring (bicyclic) bond motifs is 9. The van der Waals surface area contributed by atoms with Gasteiger partial charge in [-0.1, -0.05) is 32.0 Å². The van der Waals surface area contributed by atoms with Gasteiger partial charge >= 0.3 is 12.1 Å². The van der Waals surface area contributed by atoms with Gasteiger partial charge in [0.1, 0.15) is 5.60 Å². The first-order valence-corrected chi connectivity index (χ1v) is 16.2. The van der Waals surface area contributed by atoms with Crippen molar-refractivity contribution in [2.24, 2.45) is 11.3 Å². The van der Waals surface area contributed by atoms with Crippen LogP contribution in [-0.4, -0.2) is 89.4 Å². The molecule has 1 saturated heterocycles. The Morgan fingerprint density at radius 1 is 1.07 bits per heavy atom. The molecule has 2 saturated carbocycles. The van der Waals surface area contributed by atoms with E-state index >= 15 is 0 Å². The first-order valence-electron chi connectivity index (χ1n) is 16.2. The van der Waals surface area contributed by atoms with E-state index in [1.807, 2.05) is 32.0 Å². The van der Waals surface area contributed by atoms with Crippen molar-refractivity contribution in [3.05, 3.63) is 47.2 Å². The summed E-state index contributed by atoms with van der Waals surface area (Å²) in [5.41, 5.74) is -0.283. The number of hydrogen-bond acceptors (Lipinski definition) is 9. The largest absolute Gasteiger partial charge is 0.465 e. The summed E-state index contributed by atoms with van der Waals surface area (Å²) in [6.07, 6.45) is 3.85. The van der Waals surface area contributed by atoms with Gasteiger partial charge in [-0.25, -0.2) is 9.36 Å². The Labute approximate surface area is 263 Å². The number of aromatic nitrogens is 1. The molecule has 3 heterocycles. The van der Waals surface area contributed by atoms with Crippen LogP contribution in [0.15, 0.2) is 35.9 Å². The maximum Gasteiger partial charge on any atom is 0.418 e. The predicted molar refractivity (Wildman–Crippen MR) is 165 cm³/mol. The summed E-state index contributed by atoms with van der Waals surface area (Å²) in [5, 5.41) is 14.0. The van der Waals surface area contributed by atoms with Crippen molar-refractivity contribution in [2.45, 2.75) is 94.7 Å². The second-order valence-corrected chi connectivity index (χ2v) is 14.9. The Hall–Kier alpha value is -3.05. The average molecular weight is 621 g/mol. The minimum atomic E-state index is -1.39. The molecule has 2 aliphatic heterocycles. The molecule has 10 nitrogen and oxygen atoms in total. The number of esters is 1. The molecule has 2 aromatic rings. The number of likely N-dealkylation sites (N-methyl/N-ethyl adjacent to an activating group) is 1. The molecule has 45 heavy (non-hydrogen) atoms. The van der Waals surface area contributed by atoms with Crippen LogP contribution in [0.3, 0.4) is 0 Å². The Morgan fingerprint density at radius 3 is 2.56 bits per heavy atom. The quantitative estimate of drug-likeness (QED) is 0.373. The van der Waals surface area contributed by atoms with E-state index in [1.54, 1.807) is 29.6 Å². The van der Waals surface area contributed by atoms with E-state index in [9.17, 15) is 19.5 Å². The lowest BCUT2D eigenvalue weighted by Crippen LogP contribution is -2.70. The molecule has 1 spiro atoms. The fraction of sp³-hybridized carbons (Fsp3) is 0.629. The minimum Gasteiger partial charge on any atom is -0.465 e. The van der Waals surface area contributed by atoms with Crippen LogP contribution < -0.4 is 0 Å². The lowest BCUT2D eigenvalue weighted by Gasteiger charge is -2.65. The van der Waals surface area contributed by atoms with Crippen molar-refractivity contribution in [1.82, 2.24) is 9.47 Å². The lowest BCUT2D eigenvalue weighted by atomic mass is 9.42.